The quantitative estimate of drug-likeness (QED) is 0.755. The van der Waals surface area contributed by atoms with Gasteiger partial charge in [-0.2, -0.15) is 5.10 Å². The maximum atomic E-state index is 12.6. The van der Waals surface area contributed by atoms with E-state index >= 15 is 0 Å². The van der Waals surface area contributed by atoms with Crippen LogP contribution in [0, 0.1) is 11.8 Å². The van der Waals surface area contributed by atoms with Crippen molar-refractivity contribution >= 4 is 5.91 Å². The van der Waals surface area contributed by atoms with Gasteiger partial charge in [0.05, 0.1) is 6.54 Å². The minimum Gasteiger partial charge on any atom is -0.492 e. The number of amides is 1. The van der Waals surface area contributed by atoms with Crippen molar-refractivity contribution in [2.24, 2.45) is 11.8 Å². The van der Waals surface area contributed by atoms with E-state index in [2.05, 4.69) is 24.3 Å². The number of hydrogen-bond donors (Lipinski definition) is 1. The van der Waals surface area contributed by atoms with Crippen LogP contribution in [-0.2, 0) is 24.3 Å². The maximum absolute atomic E-state index is 12.6. The maximum Gasteiger partial charge on any atom is 0.346 e. The van der Waals surface area contributed by atoms with E-state index in [1.165, 1.54) is 4.68 Å². The largest absolute Gasteiger partial charge is 0.492 e. The van der Waals surface area contributed by atoms with Crippen LogP contribution in [0.15, 0.2) is 35.1 Å². The molecule has 0 saturated heterocycles. The summed E-state index contributed by atoms with van der Waals surface area (Å²) in [5, 5.41) is 7.51. The molecule has 7 nitrogen and oxygen atoms in total. The molecule has 1 N–H and O–H groups in total. The highest BCUT2D eigenvalue weighted by Crippen LogP contribution is 2.18. The molecule has 1 amide bonds. The number of aryl methyl sites for hydroxylation is 1. The minimum absolute atomic E-state index is 0.0527. The molecule has 1 unspecified atom stereocenters. The second-order valence-electron chi connectivity index (χ2n) is 7.73. The fraction of sp³-hybridized carbons (Fsp3) is 0.571. The Morgan fingerprint density at radius 2 is 2.07 bits per heavy atom. The predicted octanol–water partition coefficient (Wildman–Crippen LogP) is 2.24. The monoisotopic (exact) mass is 386 g/mol. The summed E-state index contributed by atoms with van der Waals surface area (Å²) in [6.45, 7) is 6.34. The zero-order valence-electron chi connectivity index (χ0n) is 16.8. The number of ether oxygens (including phenoxy) is 1. The molecule has 1 aromatic heterocycles. The number of hydrogen-bond acceptors (Lipinski definition) is 4. The number of carbonyl (C=O) groups excluding carboxylic acids is 1. The van der Waals surface area contributed by atoms with Crippen LogP contribution in [0.25, 0.3) is 0 Å². The molecule has 1 aliphatic heterocycles. The number of nitrogens with one attached hydrogen (secondary N) is 1. The molecule has 152 valence electrons. The molecular formula is C21H30N4O3. The summed E-state index contributed by atoms with van der Waals surface area (Å²) < 4.78 is 8.85. The van der Waals surface area contributed by atoms with Crippen molar-refractivity contribution in [3.05, 3.63) is 46.6 Å². The van der Waals surface area contributed by atoms with Gasteiger partial charge in [0.1, 0.15) is 18.2 Å². The SMILES string of the molecule is CC(C)CCNC(=O)C1CCc2nn(CCOc3ccccc3)c(=O)n2CC1. The third kappa shape index (κ3) is 5.24. The second kappa shape index (κ2) is 9.57. The Hall–Kier alpha value is -2.57. The van der Waals surface area contributed by atoms with Gasteiger partial charge in [-0.15, -0.1) is 0 Å². The molecule has 0 bridgehead atoms. The molecule has 0 spiro atoms. The van der Waals surface area contributed by atoms with Gasteiger partial charge in [0.2, 0.25) is 5.91 Å². The number of benzene rings is 1. The lowest BCUT2D eigenvalue weighted by Crippen LogP contribution is -2.33. The molecule has 0 aliphatic carbocycles. The van der Waals surface area contributed by atoms with E-state index in [-0.39, 0.29) is 17.5 Å². The molecule has 7 heteroatoms. The molecule has 2 aromatic rings. The topological polar surface area (TPSA) is 78.2 Å². The highest BCUT2D eigenvalue weighted by Gasteiger charge is 2.25. The number of rotatable bonds is 8. The summed E-state index contributed by atoms with van der Waals surface area (Å²) in [6.07, 6.45) is 3.02. The van der Waals surface area contributed by atoms with Crippen LogP contribution in [-0.4, -0.2) is 33.4 Å². The Morgan fingerprint density at radius 3 is 2.82 bits per heavy atom. The third-order valence-corrected chi connectivity index (χ3v) is 5.12. The molecule has 28 heavy (non-hydrogen) atoms. The zero-order valence-corrected chi connectivity index (χ0v) is 16.8. The average Bonchev–Trinajstić information content (AvgIpc) is 2.85. The first kappa shape index (κ1) is 20.2. The first-order valence-electron chi connectivity index (χ1n) is 10.2. The molecular weight excluding hydrogens is 356 g/mol. The third-order valence-electron chi connectivity index (χ3n) is 5.12. The molecule has 1 atom stereocenters. The van der Waals surface area contributed by atoms with Crippen molar-refractivity contribution in [3.63, 3.8) is 0 Å². The van der Waals surface area contributed by atoms with Gasteiger partial charge in [-0.3, -0.25) is 9.36 Å². The van der Waals surface area contributed by atoms with Crippen molar-refractivity contribution in [3.8, 4) is 5.75 Å². The molecule has 0 fully saturated rings. The van der Waals surface area contributed by atoms with Crippen LogP contribution < -0.4 is 15.7 Å². The van der Waals surface area contributed by atoms with E-state index in [0.717, 1.165) is 24.4 Å². The smallest absolute Gasteiger partial charge is 0.346 e. The average molecular weight is 386 g/mol. The van der Waals surface area contributed by atoms with Crippen LogP contribution in [0.5, 0.6) is 5.75 Å². The molecule has 2 heterocycles. The molecule has 0 saturated carbocycles. The number of fused-ring (bicyclic) bond motifs is 1. The Kier molecular flexibility index (Phi) is 6.90. The minimum atomic E-state index is -0.118. The first-order chi connectivity index (χ1) is 13.5. The van der Waals surface area contributed by atoms with Crippen LogP contribution in [0.2, 0.25) is 0 Å². The lowest BCUT2D eigenvalue weighted by molar-refractivity contribution is -0.125. The van der Waals surface area contributed by atoms with Gasteiger partial charge < -0.3 is 10.1 Å². The zero-order chi connectivity index (χ0) is 19.9. The van der Waals surface area contributed by atoms with Gasteiger partial charge in [0.15, 0.2) is 0 Å². The lowest BCUT2D eigenvalue weighted by atomic mass is 9.99. The van der Waals surface area contributed by atoms with Crippen molar-refractivity contribution in [1.29, 1.82) is 0 Å². The second-order valence-corrected chi connectivity index (χ2v) is 7.73. The van der Waals surface area contributed by atoms with E-state index in [1.54, 1.807) is 4.57 Å². The van der Waals surface area contributed by atoms with Gasteiger partial charge in [-0.1, -0.05) is 32.0 Å². The fourth-order valence-electron chi connectivity index (χ4n) is 3.43. The fourth-order valence-corrected chi connectivity index (χ4v) is 3.43. The van der Waals surface area contributed by atoms with Gasteiger partial charge in [-0.25, -0.2) is 9.48 Å². The number of nitrogens with zero attached hydrogens (tertiary/aromatic N) is 3. The van der Waals surface area contributed by atoms with Crippen LogP contribution in [0.3, 0.4) is 0 Å². The van der Waals surface area contributed by atoms with Crippen LogP contribution in [0.4, 0.5) is 0 Å². The van der Waals surface area contributed by atoms with Crippen molar-refractivity contribution in [2.45, 2.75) is 52.6 Å². The predicted molar refractivity (Wildman–Crippen MR) is 107 cm³/mol. The van der Waals surface area contributed by atoms with E-state index in [0.29, 0.717) is 45.0 Å². The van der Waals surface area contributed by atoms with Crippen LogP contribution >= 0.6 is 0 Å². The van der Waals surface area contributed by atoms with Crippen molar-refractivity contribution in [1.82, 2.24) is 19.7 Å². The summed E-state index contributed by atoms with van der Waals surface area (Å²) in [6, 6.07) is 9.53. The van der Waals surface area contributed by atoms with E-state index in [4.69, 9.17) is 4.74 Å². The van der Waals surface area contributed by atoms with Gasteiger partial charge in [0, 0.05) is 25.4 Å². The lowest BCUT2D eigenvalue weighted by Gasteiger charge is -2.14. The highest BCUT2D eigenvalue weighted by molar-refractivity contribution is 5.78. The van der Waals surface area contributed by atoms with Gasteiger partial charge in [-0.05, 0) is 37.3 Å². The number of carbonyl (C=O) groups is 1. The Bertz CT molecular complexity index is 826. The van der Waals surface area contributed by atoms with Gasteiger partial charge in [0.25, 0.3) is 0 Å². The van der Waals surface area contributed by atoms with Crippen LogP contribution in [0.1, 0.15) is 38.9 Å². The summed E-state index contributed by atoms with van der Waals surface area (Å²) in [5.74, 6) is 2.17. The first-order valence-corrected chi connectivity index (χ1v) is 10.2. The van der Waals surface area contributed by atoms with E-state index in [1.807, 2.05) is 30.3 Å². The normalized spacial score (nSPS) is 16.5. The summed E-state index contributed by atoms with van der Waals surface area (Å²) in [4.78, 5) is 25.0. The Balaban J connectivity index is 1.53. The molecule has 0 radical (unpaired) electrons. The Morgan fingerprint density at radius 1 is 1.29 bits per heavy atom. The van der Waals surface area contributed by atoms with Crippen molar-refractivity contribution < 1.29 is 9.53 Å². The van der Waals surface area contributed by atoms with E-state index < -0.39 is 0 Å². The molecule has 1 aromatic carbocycles. The van der Waals surface area contributed by atoms with E-state index in [9.17, 15) is 9.59 Å². The number of para-hydroxylation sites is 1. The van der Waals surface area contributed by atoms with Gasteiger partial charge >= 0.3 is 5.69 Å². The molecule has 3 rings (SSSR count). The van der Waals surface area contributed by atoms with Crippen molar-refractivity contribution in [2.75, 3.05) is 13.2 Å². The highest BCUT2D eigenvalue weighted by atomic mass is 16.5. The molecule has 1 aliphatic rings. The Labute approximate surface area is 165 Å². The summed E-state index contributed by atoms with van der Waals surface area (Å²) in [5.41, 5.74) is -0.118. The standard InChI is InChI=1S/C21H30N4O3/c1-16(2)10-12-22-20(26)17-8-9-19-23-25(21(27)24(19)13-11-17)14-15-28-18-6-4-3-5-7-18/h3-7,16-17H,8-15H2,1-2H3,(H,22,26). The summed E-state index contributed by atoms with van der Waals surface area (Å²) >= 11 is 0. The summed E-state index contributed by atoms with van der Waals surface area (Å²) in [7, 11) is 0. The number of aromatic nitrogens is 3.